The molecule has 4 nitrogen and oxygen atoms in total. The van der Waals surface area contributed by atoms with Crippen LogP contribution in [-0.2, 0) is 0 Å². The zero-order valence-corrected chi connectivity index (χ0v) is 11.6. The summed E-state index contributed by atoms with van der Waals surface area (Å²) in [4.78, 5) is 14.0. The lowest BCUT2D eigenvalue weighted by molar-refractivity contribution is 0.0736. The first-order valence-electron chi connectivity index (χ1n) is 7.27. The van der Waals surface area contributed by atoms with Crippen LogP contribution in [0.1, 0.15) is 46.0 Å². The highest BCUT2D eigenvalue weighted by Crippen LogP contribution is 2.47. The van der Waals surface area contributed by atoms with E-state index >= 15 is 0 Å². The van der Waals surface area contributed by atoms with Gasteiger partial charge in [-0.15, -0.1) is 0 Å². The van der Waals surface area contributed by atoms with Crippen LogP contribution < -0.4 is 5.32 Å². The van der Waals surface area contributed by atoms with Gasteiger partial charge in [0.15, 0.2) is 0 Å². The maximum Gasteiger partial charge on any atom is 0.317 e. The highest BCUT2D eigenvalue weighted by Gasteiger charge is 2.41. The molecule has 0 aromatic heterocycles. The topological polar surface area (TPSA) is 52.6 Å². The number of carbonyl (C=O) groups is 1. The van der Waals surface area contributed by atoms with E-state index in [0.717, 1.165) is 32.4 Å². The molecule has 18 heavy (non-hydrogen) atoms. The molecular weight excluding hydrogens is 228 g/mol. The van der Waals surface area contributed by atoms with E-state index in [2.05, 4.69) is 12.2 Å². The molecule has 1 saturated heterocycles. The summed E-state index contributed by atoms with van der Waals surface area (Å²) < 4.78 is 0. The largest absolute Gasteiger partial charge is 0.393 e. The van der Waals surface area contributed by atoms with Crippen molar-refractivity contribution < 1.29 is 9.90 Å². The lowest BCUT2D eigenvalue weighted by Crippen LogP contribution is -2.48. The lowest BCUT2D eigenvalue weighted by atomic mass is 9.94. The van der Waals surface area contributed by atoms with E-state index in [1.807, 2.05) is 11.8 Å². The van der Waals surface area contributed by atoms with Crippen molar-refractivity contribution in [1.29, 1.82) is 0 Å². The van der Waals surface area contributed by atoms with Gasteiger partial charge in [-0.3, -0.25) is 0 Å². The molecule has 4 heteroatoms. The Balaban J connectivity index is 1.78. The van der Waals surface area contributed by atoms with Crippen molar-refractivity contribution in [1.82, 2.24) is 10.2 Å². The fraction of sp³-hybridized carbons (Fsp3) is 0.929. The molecule has 1 heterocycles. The van der Waals surface area contributed by atoms with Crippen LogP contribution in [0.5, 0.6) is 0 Å². The summed E-state index contributed by atoms with van der Waals surface area (Å²) in [6.07, 6.45) is 5.37. The first kappa shape index (κ1) is 13.7. The minimum absolute atomic E-state index is 0.0556. The molecule has 2 amide bonds. The summed E-state index contributed by atoms with van der Waals surface area (Å²) in [6.45, 7) is 6.36. The highest BCUT2D eigenvalue weighted by molar-refractivity contribution is 5.74. The van der Waals surface area contributed by atoms with Crippen LogP contribution in [0.15, 0.2) is 0 Å². The predicted octanol–water partition coefficient (Wildman–Crippen LogP) is 1.98. The Morgan fingerprint density at radius 1 is 1.56 bits per heavy atom. The normalized spacial score (nSPS) is 27.7. The van der Waals surface area contributed by atoms with Crippen molar-refractivity contribution >= 4 is 6.03 Å². The van der Waals surface area contributed by atoms with E-state index < -0.39 is 0 Å². The molecule has 1 aliphatic heterocycles. The highest BCUT2D eigenvalue weighted by atomic mass is 16.3. The quantitative estimate of drug-likeness (QED) is 0.806. The molecule has 104 valence electrons. The molecule has 1 saturated carbocycles. The number of aliphatic hydroxyl groups is 1. The number of likely N-dealkylation sites (tertiary alicyclic amines) is 1. The number of urea groups is 1. The van der Waals surface area contributed by atoms with Gasteiger partial charge in [-0.25, -0.2) is 4.79 Å². The molecule has 1 aliphatic carbocycles. The minimum Gasteiger partial charge on any atom is -0.393 e. The maximum absolute atomic E-state index is 12.1. The first-order chi connectivity index (χ1) is 8.56. The smallest absolute Gasteiger partial charge is 0.317 e. The van der Waals surface area contributed by atoms with Gasteiger partial charge in [0.2, 0.25) is 0 Å². The maximum atomic E-state index is 12.1. The van der Waals surface area contributed by atoms with Gasteiger partial charge >= 0.3 is 6.03 Å². The summed E-state index contributed by atoms with van der Waals surface area (Å²) in [5.41, 5.74) is 0.398. The standard InChI is InChI=1S/C14H26N2O2/c1-3-14(6-7-14)10-15-13(18)16-8-4-5-12(9-16)11(2)17/h11-12,17H,3-10H2,1-2H3,(H,15,18). The van der Waals surface area contributed by atoms with Crippen LogP contribution in [0, 0.1) is 11.3 Å². The summed E-state index contributed by atoms with van der Waals surface area (Å²) in [6, 6.07) is 0.0556. The van der Waals surface area contributed by atoms with E-state index in [4.69, 9.17) is 0 Å². The number of nitrogens with one attached hydrogen (secondary N) is 1. The Morgan fingerprint density at radius 3 is 2.83 bits per heavy atom. The molecule has 2 rings (SSSR count). The zero-order chi connectivity index (χ0) is 13.2. The molecule has 0 bridgehead atoms. The molecule has 2 atom stereocenters. The van der Waals surface area contributed by atoms with Crippen molar-refractivity contribution in [2.75, 3.05) is 19.6 Å². The second kappa shape index (κ2) is 5.47. The molecule has 0 aromatic rings. The zero-order valence-electron chi connectivity index (χ0n) is 11.6. The second-order valence-electron chi connectivity index (χ2n) is 6.10. The molecule has 0 radical (unpaired) electrons. The average Bonchev–Trinajstić information content (AvgIpc) is 3.17. The van der Waals surface area contributed by atoms with E-state index in [9.17, 15) is 9.90 Å². The second-order valence-corrected chi connectivity index (χ2v) is 6.10. The van der Waals surface area contributed by atoms with Crippen LogP contribution in [0.25, 0.3) is 0 Å². The number of hydrogen-bond acceptors (Lipinski definition) is 2. The van der Waals surface area contributed by atoms with Gasteiger partial charge in [-0.05, 0) is 44.4 Å². The van der Waals surface area contributed by atoms with Crippen molar-refractivity contribution in [3.05, 3.63) is 0 Å². The number of rotatable bonds is 4. The van der Waals surface area contributed by atoms with Gasteiger partial charge in [0.25, 0.3) is 0 Å². The van der Waals surface area contributed by atoms with Crippen molar-refractivity contribution in [3.63, 3.8) is 0 Å². The van der Waals surface area contributed by atoms with Crippen molar-refractivity contribution in [3.8, 4) is 0 Å². The Labute approximate surface area is 110 Å². The molecule has 0 spiro atoms. The molecule has 2 N–H and O–H groups in total. The number of amides is 2. The number of aliphatic hydroxyl groups excluding tert-OH is 1. The fourth-order valence-corrected chi connectivity index (χ4v) is 2.80. The van der Waals surface area contributed by atoms with E-state index in [1.54, 1.807) is 0 Å². The van der Waals surface area contributed by atoms with Crippen molar-refractivity contribution in [2.24, 2.45) is 11.3 Å². The van der Waals surface area contributed by atoms with Crippen molar-refractivity contribution in [2.45, 2.75) is 52.1 Å². The van der Waals surface area contributed by atoms with E-state index in [0.29, 0.717) is 12.0 Å². The fourth-order valence-electron chi connectivity index (χ4n) is 2.80. The van der Waals surface area contributed by atoms with Crippen LogP contribution in [0.2, 0.25) is 0 Å². The van der Waals surface area contributed by atoms with Gasteiger partial charge < -0.3 is 15.3 Å². The average molecular weight is 254 g/mol. The molecule has 2 aliphatic rings. The van der Waals surface area contributed by atoms with Gasteiger partial charge in [-0.2, -0.15) is 0 Å². The number of nitrogens with zero attached hydrogens (tertiary/aromatic N) is 1. The van der Waals surface area contributed by atoms with Gasteiger partial charge in [-0.1, -0.05) is 6.92 Å². The Hall–Kier alpha value is -0.770. The monoisotopic (exact) mass is 254 g/mol. The summed E-state index contributed by atoms with van der Waals surface area (Å²) in [7, 11) is 0. The number of piperidine rings is 1. The van der Waals surface area contributed by atoms with E-state index in [1.165, 1.54) is 12.8 Å². The molecule has 2 unspecified atom stereocenters. The van der Waals surface area contributed by atoms with Gasteiger partial charge in [0, 0.05) is 25.6 Å². The Kier molecular flexibility index (Phi) is 4.15. The van der Waals surface area contributed by atoms with Crippen LogP contribution >= 0.6 is 0 Å². The third-order valence-corrected chi connectivity index (χ3v) is 4.75. The summed E-state index contributed by atoms with van der Waals surface area (Å²) in [5.74, 6) is 0.241. The van der Waals surface area contributed by atoms with E-state index in [-0.39, 0.29) is 18.1 Å². The van der Waals surface area contributed by atoms with Crippen LogP contribution in [-0.4, -0.2) is 41.8 Å². The number of carbonyl (C=O) groups excluding carboxylic acids is 1. The first-order valence-corrected chi connectivity index (χ1v) is 7.27. The summed E-state index contributed by atoms with van der Waals surface area (Å²) >= 11 is 0. The third-order valence-electron chi connectivity index (χ3n) is 4.75. The number of hydrogen-bond donors (Lipinski definition) is 2. The minimum atomic E-state index is -0.314. The Morgan fingerprint density at radius 2 is 2.28 bits per heavy atom. The molecular formula is C14H26N2O2. The van der Waals surface area contributed by atoms with Gasteiger partial charge in [0.05, 0.1) is 6.10 Å². The van der Waals surface area contributed by atoms with Crippen LogP contribution in [0.4, 0.5) is 4.79 Å². The third kappa shape index (κ3) is 3.16. The van der Waals surface area contributed by atoms with Gasteiger partial charge in [0.1, 0.15) is 0 Å². The molecule has 2 fully saturated rings. The van der Waals surface area contributed by atoms with Crippen LogP contribution in [0.3, 0.4) is 0 Å². The Bertz CT molecular complexity index is 300. The summed E-state index contributed by atoms with van der Waals surface area (Å²) in [5, 5.41) is 12.7. The lowest BCUT2D eigenvalue weighted by Gasteiger charge is -2.34. The SMILES string of the molecule is CCC1(CNC(=O)N2CCCC(C(C)O)C2)CC1. The predicted molar refractivity (Wildman–Crippen MR) is 71.3 cm³/mol. The molecule has 0 aromatic carbocycles.